The van der Waals surface area contributed by atoms with Crippen LogP contribution in [0, 0.1) is 10.1 Å². The summed E-state index contributed by atoms with van der Waals surface area (Å²) in [7, 11) is 0. The first-order chi connectivity index (χ1) is 9.19. The van der Waals surface area contributed by atoms with Gasteiger partial charge in [-0.3, -0.25) is 10.1 Å². The van der Waals surface area contributed by atoms with E-state index in [1.165, 1.54) is 6.07 Å². The van der Waals surface area contributed by atoms with Gasteiger partial charge in [0.1, 0.15) is 6.61 Å². The largest absolute Gasteiger partial charge is 0.484 e. The van der Waals surface area contributed by atoms with E-state index < -0.39 is 11.0 Å². The summed E-state index contributed by atoms with van der Waals surface area (Å²) in [6.45, 7) is 8.22. The van der Waals surface area contributed by atoms with Crippen molar-refractivity contribution in [1.29, 1.82) is 0 Å². The topological polar surface area (TPSA) is 84.6 Å². The zero-order valence-corrected chi connectivity index (χ0v) is 12.3. The van der Waals surface area contributed by atoms with E-state index in [-0.39, 0.29) is 23.6 Å². The van der Waals surface area contributed by atoms with Gasteiger partial charge in [-0.15, -0.1) is 0 Å². The molecule has 2 N–H and O–H groups in total. The summed E-state index contributed by atoms with van der Waals surface area (Å²) >= 11 is 0. The summed E-state index contributed by atoms with van der Waals surface area (Å²) in [5.41, 5.74) is 0.672. The SMILES string of the molecule is CC(O)COc1ccc(CNC(C)(C)C)cc1[N+](=O)[O-]. The Morgan fingerprint density at radius 2 is 2.10 bits per heavy atom. The molecule has 1 rings (SSSR count). The van der Waals surface area contributed by atoms with Gasteiger partial charge >= 0.3 is 5.69 Å². The van der Waals surface area contributed by atoms with Gasteiger partial charge in [0.15, 0.2) is 5.75 Å². The zero-order valence-electron chi connectivity index (χ0n) is 12.3. The molecular formula is C14H22N2O4. The number of nitro groups is 1. The van der Waals surface area contributed by atoms with Gasteiger partial charge < -0.3 is 15.2 Å². The van der Waals surface area contributed by atoms with Crippen molar-refractivity contribution in [2.24, 2.45) is 0 Å². The second kappa shape index (κ2) is 6.67. The Bertz CT molecular complexity index is 467. The Hall–Kier alpha value is -1.66. The normalized spacial score (nSPS) is 13.1. The highest BCUT2D eigenvalue weighted by atomic mass is 16.6. The van der Waals surface area contributed by atoms with E-state index in [9.17, 15) is 10.1 Å². The van der Waals surface area contributed by atoms with Crippen molar-refractivity contribution in [1.82, 2.24) is 5.32 Å². The highest BCUT2D eigenvalue weighted by Gasteiger charge is 2.17. The third kappa shape index (κ3) is 5.54. The van der Waals surface area contributed by atoms with Gasteiger partial charge in [-0.25, -0.2) is 0 Å². The van der Waals surface area contributed by atoms with Crippen LogP contribution in [0.2, 0.25) is 0 Å². The van der Waals surface area contributed by atoms with Crippen LogP contribution in [0.15, 0.2) is 18.2 Å². The van der Waals surface area contributed by atoms with E-state index in [4.69, 9.17) is 9.84 Å². The molecule has 0 heterocycles. The molecule has 6 nitrogen and oxygen atoms in total. The molecule has 0 aliphatic carbocycles. The molecule has 0 saturated carbocycles. The molecule has 0 saturated heterocycles. The van der Waals surface area contributed by atoms with Crippen LogP contribution in [0.25, 0.3) is 0 Å². The summed E-state index contributed by atoms with van der Waals surface area (Å²) in [4.78, 5) is 10.6. The molecule has 0 amide bonds. The fraction of sp³-hybridized carbons (Fsp3) is 0.571. The second-order valence-corrected chi connectivity index (χ2v) is 5.82. The molecule has 20 heavy (non-hydrogen) atoms. The number of hydrogen-bond donors (Lipinski definition) is 2. The highest BCUT2D eigenvalue weighted by molar-refractivity contribution is 5.48. The molecule has 0 spiro atoms. The maximum absolute atomic E-state index is 11.1. The third-order valence-electron chi connectivity index (χ3n) is 2.52. The van der Waals surface area contributed by atoms with Gasteiger partial charge in [0.2, 0.25) is 0 Å². The van der Waals surface area contributed by atoms with Gasteiger partial charge in [-0.05, 0) is 39.3 Å². The van der Waals surface area contributed by atoms with E-state index >= 15 is 0 Å². The summed E-state index contributed by atoms with van der Waals surface area (Å²) < 4.78 is 5.25. The molecular weight excluding hydrogens is 260 g/mol. The fourth-order valence-electron chi connectivity index (χ4n) is 1.52. The molecule has 0 fully saturated rings. The number of nitrogens with zero attached hydrogens (tertiary/aromatic N) is 1. The summed E-state index contributed by atoms with van der Waals surface area (Å²) in [6.07, 6.45) is -0.670. The number of hydrogen-bond acceptors (Lipinski definition) is 5. The standard InChI is InChI=1S/C14H22N2O4/c1-10(17)9-20-13-6-5-11(7-12(13)16(18)19)8-15-14(2,3)4/h5-7,10,15,17H,8-9H2,1-4H3. The summed E-state index contributed by atoms with van der Waals surface area (Å²) in [5.74, 6) is 0.176. The smallest absolute Gasteiger partial charge is 0.311 e. The van der Waals surface area contributed by atoms with Crippen molar-refractivity contribution in [2.75, 3.05) is 6.61 Å². The average Bonchev–Trinajstić information content (AvgIpc) is 2.33. The van der Waals surface area contributed by atoms with Crippen molar-refractivity contribution in [3.05, 3.63) is 33.9 Å². The number of aliphatic hydroxyl groups is 1. The minimum absolute atomic E-state index is 0.0282. The predicted octanol–water partition coefficient (Wildman–Crippen LogP) is 2.24. The summed E-state index contributed by atoms with van der Waals surface area (Å²) in [5, 5.41) is 23.5. The Balaban J connectivity index is 2.86. The zero-order chi connectivity index (χ0) is 15.3. The number of nitro benzene ring substituents is 1. The Morgan fingerprint density at radius 3 is 2.60 bits per heavy atom. The maximum atomic E-state index is 11.1. The van der Waals surface area contributed by atoms with Gasteiger partial charge in [0, 0.05) is 18.2 Å². The minimum Gasteiger partial charge on any atom is -0.484 e. The second-order valence-electron chi connectivity index (χ2n) is 5.82. The molecule has 1 unspecified atom stereocenters. The third-order valence-corrected chi connectivity index (χ3v) is 2.52. The number of aliphatic hydroxyl groups excluding tert-OH is 1. The Morgan fingerprint density at radius 1 is 1.45 bits per heavy atom. The number of ether oxygens (including phenoxy) is 1. The van der Waals surface area contributed by atoms with Crippen LogP contribution in [0.5, 0.6) is 5.75 Å². The highest BCUT2D eigenvalue weighted by Crippen LogP contribution is 2.28. The lowest BCUT2D eigenvalue weighted by Crippen LogP contribution is -2.35. The van der Waals surface area contributed by atoms with Crippen molar-refractivity contribution >= 4 is 5.69 Å². The van der Waals surface area contributed by atoms with Gasteiger partial charge in [-0.2, -0.15) is 0 Å². The first-order valence-electron chi connectivity index (χ1n) is 6.52. The van der Waals surface area contributed by atoms with Crippen LogP contribution in [-0.4, -0.2) is 28.3 Å². The van der Waals surface area contributed by atoms with Crippen LogP contribution < -0.4 is 10.1 Å². The number of rotatable bonds is 6. The van der Waals surface area contributed by atoms with E-state index in [0.29, 0.717) is 6.54 Å². The maximum Gasteiger partial charge on any atom is 0.311 e. The Labute approximate surface area is 118 Å². The van der Waals surface area contributed by atoms with E-state index in [0.717, 1.165) is 5.56 Å². The first kappa shape index (κ1) is 16.4. The lowest BCUT2D eigenvalue weighted by atomic mass is 10.1. The van der Waals surface area contributed by atoms with Crippen molar-refractivity contribution in [3.8, 4) is 5.75 Å². The van der Waals surface area contributed by atoms with Crippen LogP contribution in [0.4, 0.5) is 5.69 Å². The molecule has 0 radical (unpaired) electrons. The quantitative estimate of drug-likeness (QED) is 0.617. The number of benzene rings is 1. The molecule has 0 bridgehead atoms. The molecule has 0 aliphatic heterocycles. The van der Waals surface area contributed by atoms with E-state index in [1.54, 1.807) is 19.1 Å². The van der Waals surface area contributed by atoms with E-state index in [2.05, 4.69) is 5.32 Å². The molecule has 0 aromatic heterocycles. The van der Waals surface area contributed by atoms with Gasteiger partial charge in [0.25, 0.3) is 0 Å². The fourth-order valence-corrected chi connectivity index (χ4v) is 1.52. The monoisotopic (exact) mass is 282 g/mol. The summed E-state index contributed by atoms with van der Waals surface area (Å²) in [6, 6.07) is 4.85. The van der Waals surface area contributed by atoms with Gasteiger partial charge in [0.05, 0.1) is 11.0 Å². The molecule has 112 valence electrons. The number of nitrogens with one attached hydrogen (secondary N) is 1. The van der Waals surface area contributed by atoms with Gasteiger partial charge in [-0.1, -0.05) is 6.07 Å². The van der Waals surface area contributed by atoms with Crippen LogP contribution in [0.3, 0.4) is 0 Å². The van der Waals surface area contributed by atoms with Crippen LogP contribution in [-0.2, 0) is 6.54 Å². The average molecular weight is 282 g/mol. The molecule has 1 aromatic carbocycles. The lowest BCUT2D eigenvalue weighted by molar-refractivity contribution is -0.386. The minimum atomic E-state index is -0.670. The molecule has 6 heteroatoms. The first-order valence-corrected chi connectivity index (χ1v) is 6.52. The molecule has 0 aliphatic rings. The predicted molar refractivity (Wildman–Crippen MR) is 76.9 cm³/mol. The van der Waals surface area contributed by atoms with Crippen molar-refractivity contribution in [3.63, 3.8) is 0 Å². The Kier molecular flexibility index (Phi) is 5.47. The molecule has 1 atom stereocenters. The lowest BCUT2D eigenvalue weighted by Gasteiger charge is -2.20. The van der Waals surface area contributed by atoms with Crippen LogP contribution in [0.1, 0.15) is 33.3 Å². The van der Waals surface area contributed by atoms with Crippen LogP contribution >= 0.6 is 0 Å². The molecule has 1 aromatic rings. The van der Waals surface area contributed by atoms with Crippen molar-refractivity contribution in [2.45, 2.75) is 45.9 Å². The van der Waals surface area contributed by atoms with Crippen molar-refractivity contribution < 1.29 is 14.8 Å². The van der Waals surface area contributed by atoms with E-state index in [1.807, 2.05) is 20.8 Å².